The minimum atomic E-state index is -1.24. The van der Waals surface area contributed by atoms with Gasteiger partial charge in [0.05, 0.1) is 0 Å². The van der Waals surface area contributed by atoms with E-state index in [0.29, 0.717) is 16.5 Å². The molecule has 0 unspecified atom stereocenters. The summed E-state index contributed by atoms with van der Waals surface area (Å²) in [6, 6.07) is 29.1. The highest BCUT2D eigenvalue weighted by molar-refractivity contribution is 8.00. The number of carbonyl (C=O) groups excluding carboxylic acids is 2. The van der Waals surface area contributed by atoms with Crippen molar-refractivity contribution in [1.82, 2.24) is 15.2 Å². The molecule has 1 saturated heterocycles. The van der Waals surface area contributed by atoms with Gasteiger partial charge in [-0.15, -0.1) is 34.7 Å². The molecule has 3 aromatic carbocycles. The minimum Gasteiger partial charge on any atom is -0.477 e. The molecule has 0 bridgehead atoms. The molecule has 0 aliphatic carbocycles. The number of nitrogens with one attached hydrogen (secondary N) is 2. The Hall–Kier alpha value is -4.65. The second-order valence-corrected chi connectivity index (χ2v) is 12.6. The van der Waals surface area contributed by atoms with E-state index in [9.17, 15) is 19.5 Å². The minimum absolute atomic E-state index is 0.00684. The Morgan fingerprint density at radius 2 is 1.59 bits per heavy atom. The first-order chi connectivity index (χ1) is 22.4. The van der Waals surface area contributed by atoms with Gasteiger partial charge in [0.1, 0.15) is 35.5 Å². The number of anilines is 1. The molecule has 1 fully saturated rings. The zero-order chi connectivity index (χ0) is 32.3. The quantitative estimate of drug-likeness (QED) is 0.0675. The van der Waals surface area contributed by atoms with Crippen molar-refractivity contribution in [3.05, 3.63) is 130 Å². The van der Waals surface area contributed by atoms with Crippen LogP contribution in [0.5, 0.6) is 0 Å². The fraction of sp³-hybridized carbons (Fsp3) is 0.182. The molecule has 46 heavy (non-hydrogen) atoms. The number of rotatable bonds is 11. The summed E-state index contributed by atoms with van der Waals surface area (Å²) in [5.74, 6) is -2.13. The number of fused-ring (bicyclic) bond motifs is 1. The van der Waals surface area contributed by atoms with Crippen LogP contribution in [0, 0.1) is 0 Å². The monoisotopic (exact) mass is 673 g/mol. The van der Waals surface area contributed by atoms with E-state index in [1.54, 1.807) is 5.38 Å². The number of alkyl halides is 1. The van der Waals surface area contributed by atoms with Crippen LogP contribution in [0.4, 0.5) is 5.13 Å². The van der Waals surface area contributed by atoms with E-state index in [0.717, 1.165) is 16.7 Å². The average Bonchev–Trinajstić information content (AvgIpc) is 3.56. The lowest BCUT2D eigenvalue weighted by Gasteiger charge is -2.49. The summed E-state index contributed by atoms with van der Waals surface area (Å²) in [6.07, 6.45) is 0. The molecular formula is C33H28ClN5O5S2. The Kier molecular flexibility index (Phi) is 9.11. The Labute approximate surface area is 278 Å². The molecule has 0 radical (unpaired) electrons. The van der Waals surface area contributed by atoms with Gasteiger partial charge in [-0.1, -0.05) is 96.2 Å². The van der Waals surface area contributed by atoms with E-state index in [2.05, 4.69) is 52.2 Å². The van der Waals surface area contributed by atoms with Gasteiger partial charge in [0, 0.05) is 17.0 Å². The Bertz CT molecular complexity index is 1720. The van der Waals surface area contributed by atoms with Crippen molar-refractivity contribution < 1.29 is 24.3 Å². The third-order valence-electron chi connectivity index (χ3n) is 7.76. The van der Waals surface area contributed by atoms with E-state index < -0.39 is 34.7 Å². The number of thiazole rings is 1. The first kappa shape index (κ1) is 31.3. The maximum Gasteiger partial charge on any atom is 0.352 e. The SMILES string of the molecule is CON=C(C(=O)N[C@@H]1C(=O)N2C(C(=O)O)=C(CCl)CS[C@@H]12)c1csc(NC(c2ccccc2)(c2ccccc2)c2ccccc2)n1. The van der Waals surface area contributed by atoms with Crippen LogP contribution in [0.1, 0.15) is 22.4 Å². The highest BCUT2D eigenvalue weighted by Gasteiger charge is 2.54. The summed E-state index contributed by atoms with van der Waals surface area (Å²) in [4.78, 5) is 49.4. The molecule has 4 aromatic rings. The highest BCUT2D eigenvalue weighted by Crippen LogP contribution is 2.42. The molecule has 1 aromatic heterocycles. The maximum absolute atomic E-state index is 13.5. The number of benzene rings is 3. The lowest BCUT2D eigenvalue weighted by Crippen LogP contribution is -2.71. The van der Waals surface area contributed by atoms with Crippen molar-refractivity contribution in [1.29, 1.82) is 0 Å². The van der Waals surface area contributed by atoms with Gasteiger partial charge in [0.25, 0.3) is 11.8 Å². The molecule has 0 saturated carbocycles. The fourth-order valence-electron chi connectivity index (χ4n) is 5.67. The number of aromatic nitrogens is 1. The van der Waals surface area contributed by atoms with Crippen LogP contribution in [0.2, 0.25) is 0 Å². The summed E-state index contributed by atoms with van der Waals surface area (Å²) in [6.45, 7) is 0. The van der Waals surface area contributed by atoms with Gasteiger partial charge in [-0.25, -0.2) is 9.78 Å². The van der Waals surface area contributed by atoms with Crippen molar-refractivity contribution in [2.75, 3.05) is 24.1 Å². The number of oxime groups is 1. The second-order valence-electron chi connectivity index (χ2n) is 10.4. The largest absolute Gasteiger partial charge is 0.477 e. The average molecular weight is 674 g/mol. The van der Waals surface area contributed by atoms with Crippen molar-refractivity contribution >= 4 is 63.3 Å². The van der Waals surface area contributed by atoms with Gasteiger partial charge >= 0.3 is 5.97 Å². The lowest BCUT2D eigenvalue weighted by molar-refractivity contribution is -0.150. The fourth-order valence-corrected chi connectivity index (χ4v) is 8.10. The summed E-state index contributed by atoms with van der Waals surface area (Å²) >= 11 is 8.56. The van der Waals surface area contributed by atoms with E-state index in [1.165, 1.54) is 35.1 Å². The highest BCUT2D eigenvalue weighted by atomic mass is 35.5. The van der Waals surface area contributed by atoms with E-state index >= 15 is 0 Å². The van der Waals surface area contributed by atoms with Crippen LogP contribution < -0.4 is 10.6 Å². The Morgan fingerprint density at radius 1 is 1.02 bits per heavy atom. The Morgan fingerprint density at radius 3 is 2.09 bits per heavy atom. The lowest BCUT2D eigenvalue weighted by atomic mass is 9.77. The summed E-state index contributed by atoms with van der Waals surface area (Å²) < 4.78 is 0. The molecule has 10 nitrogen and oxygen atoms in total. The number of amides is 2. The van der Waals surface area contributed by atoms with Gasteiger partial charge in [0.2, 0.25) is 0 Å². The van der Waals surface area contributed by atoms with Gasteiger partial charge in [-0.05, 0) is 22.3 Å². The third-order valence-corrected chi connectivity index (χ3v) is 10.2. The normalized spacial score (nSPS) is 18.0. The van der Waals surface area contributed by atoms with E-state index in [-0.39, 0.29) is 23.0 Å². The predicted octanol–water partition coefficient (Wildman–Crippen LogP) is 4.88. The molecule has 3 N–H and O–H groups in total. The summed E-state index contributed by atoms with van der Waals surface area (Å²) in [7, 11) is 1.31. The maximum atomic E-state index is 13.5. The second kappa shape index (κ2) is 13.4. The predicted molar refractivity (Wildman–Crippen MR) is 179 cm³/mol. The molecule has 234 valence electrons. The number of halogens is 1. The van der Waals surface area contributed by atoms with Crippen LogP contribution in [0.15, 0.2) is 113 Å². The van der Waals surface area contributed by atoms with Crippen molar-refractivity contribution in [2.45, 2.75) is 17.0 Å². The first-order valence-corrected chi connectivity index (χ1v) is 16.6. The molecule has 2 atom stereocenters. The van der Waals surface area contributed by atoms with Crippen LogP contribution in [0.25, 0.3) is 0 Å². The first-order valence-electron chi connectivity index (χ1n) is 14.2. The van der Waals surface area contributed by atoms with Gasteiger partial charge in [-0.2, -0.15) is 0 Å². The molecule has 6 rings (SSSR count). The number of hydrogen-bond donors (Lipinski definition) is 3. The number of hydrogen-bond acceptors (Lipinski definition) is 9. The van der Waals surface area contributed by atoms with Crippen LogP contribution in [0.3, 0.4) is 0 Å². The molecule has 2 aliphatic heterocycles. The number of carbonyl (C=O) groups is 3. The number of aliphatic carboxylic acids is 1. The third kappa shape index (κ3) is 5.63. The topological polar surface area (TPSA) is 133 Å². The summed E-state index contributed by atoms with van der Waals surface area (Å²) in [5.41, 5.74) is 2.55. The van der Waals surface area contributed by atoms with Crippen LogP contribution in [-0.4, -0.2) is 68.6 Å². The van der Waals surface area contributed by atoms with Gasteiger partial charge in [0.15, 0.2) is 10.8 Å². The summed E-state index contributed by atoms with van der Waals surface area (Å²) in [5, 5.41) is 21.7. The zero-order valence-electron chi connectivity index (χ0n) is 24.4. The number of thioether (sulfide) groups is 1. The number of nitrogens with zero attached hydrogens (tertiary/aromatic N) is 3. The molecule has 0 spiro atoms. The van der Waals surface area contributed by atoms with Gasteiger partial charge in [-0.3, -0.25) is 14.5 Å². The molecule has 2 amide bonds. The molecule has 2 aliphatic rings. The van der Waals surface area contributed by atoms with E-state index in [1.807, 2.05) is 54.6 Å². The van der Waals surface area contributed by atoms with Crippen molar-refractivity contribution in [3.8, 4) is 0 Å². The molecule has 3 heterocycles. The number of β-lactam (4-membered cyclic amide) rings is 1. The van der Waals surface area contributed by atoms with E-state index in [4.69, 9.17) is 21.4 Å². The molecular weight excluding hydrogens is 646 g/mol. The Balaban J connectivity index is 1.30. The van der Waals surface area contributed by atoms with Crippen LogP contribution in [-0.2, 0) is 24.8 Å². The van der Waals surface area contributed by atoms with Gasteiger partial charge < -0.3 is 20.6 Å². The number of carboxylic acid groups (broad SMARTS) is 1. The zero-order valence-corrected chi connectivity index (χ0v) is 26.8. The van der Waals surface area contributed by atoms with Crippen molar-refractivity contribution in [3.63, 3.8) is 0 Å². The molecule has 13 heteroatoms. The smallest absolute Gasteiger partial charge is 0.352 e. The standard InChI is InChI=1S/C33H28ClN5O5S2/c1-44-38-25(28(40)36-26-29(41)39-27(31(42)43)20(17-34)18-45-30(26)39)24-19-46-32(35-24)37-33(21-11-5-2-6-12-21,22-13-7-3-8-14-22)23-15-9-4-10-16-23/h2-16,19,26,30H,17-18H2,1H3,(H,35,37)(H,36,40)(H,42,43)/t26-,30+/m1/s1. The van der Waals surface area contributed by atoms with Crippen molar-refractivity contribution in [2.24, 2.45) is 5.16 Å². The number of carboxylic acids is 1. The van der Waals surface area contributed by atoms with Crippen LogP contribution >= 0.6 is 34.7 Å².